The monoisotopic (exact) mass is 504 g/mol. The van der Waals surface area contributed by atoms with Crippen LogP contribution in [0.5, 0.6) is 0 Å². The number of amides is 4. The molecule has 0 saturated carbocycles. The van der Waals surface area contributed by atoms with E-state index in [-0.39, 0.29) is 37.2 Å². The van der Waals surface area contributed by atoms with E-state index < -0.39 is 29.7 Å². The summed E-state index contributed by atoms with van der Waals surface area (Å²) in [5, 5.41) is 0. The summed E-state index contributed by atoms with van der Waals surface area (Å²) in [7, 11) is 3.05. The molecule has 0 spiro atoms. The lowest BCUT2D eigenvalue weighted by molar-refractivity contribution is -0.173. The number of anilines is 1. The summed E-state index contributed by atoms with van der Waals surface area (Å²) >= 11 is 0. The maximum Gasteiger partial charge on any atom is 0.253 e. The van der Waals surface area contributed by atoms with Crippen molar-refractivity contribution in [1.29, 1.82) is 0 Å². The second-order valence-corrected chi connectivity index (χ2v) is 9.59. The highest BCUT2D eigenvalue weighted by Crippen LogP contribution is 2.35. The molecule has 2 aromatic rings. The highest BCUT2D eigenvalue weighted by atomic mass is 16.2. The SMILES string of the molecule is CC[C@@H](CC(=O)N1C(=O)[C@H](Cc2cc(C)nc(N)c2)[C@H]1C(=O)N(C)C1=NCC(=O)N1C)c1ccccc1. The van der Waals surface area contributed by atoms with Gasteiger partial charge in [0.25, 0.3) is 11.8 Å². The molecular formula is C27H32N6O4. The Hall–Kier alpha value is -4.08. The van der Waals surface area contributed by atoms with Crippen LogP contribution in [-0.4, -0.2) is 76.0 Å². The molecule has 3 atom stereocenters. The fraction of sp³-hybridized carbons (Fsp3) is 0.407. The standard InChI is InChI=1S/C27H32N6O4/c1-5-18(19-9-7-6-8-10-19)14-22(34)33-24(26(37)32(4)27-29-15-23(35)31(27)3)20(25(33)36)12-17-11-16(2)30-21(28)13-17/h6-11,13,18,20,24H,5,12,14-15H2,1-4H3,(H2,28,30)/t18-,20+,24-/m0/s1. The maximum atomic E-state index is 13.7. The zero-order valence-electron chi connectivity index (χ0n) is 21.5. The van der Waals surface area contributed by atoms with E-state index in [2.05, 4.69) is 9.98 Å². The van der Waals surface area contributed by atoms with E-state index in [9.17, 15) is 19.2 Å². The van der Waals surface area contributed by atoms with Gasteiger partial charge >= 0.3 is 0 Å². The van der Waals surface area contributed by atoms with Crippen molar-refractivity contribution in [3.63, 3.8) is 0 Å². The summed E-state index contributed by atoms with van der Waals surface area (Å²) < 4.78 is 0. The van der Waals surface area contributed by atoms with Crippen LogP contribution in [0.1, 0.15) is 42.5 Å². The second kappa shape index (κ2) is 10.5. The molecule has 4 amide bonds. The van der Waals surface area contributed by atoms with Gasteiger partial charge in [0, 0.05) is 26.2 Å². The first-order valence-electron chi connectivity index (χ1n) is 12.3. The molecule has 10 nitrogen and oxygen atoms in total. The predicted molar refractivity (Wildman–Crippen MR) is 138 cm³/mol. The van der Waals surface area contributed by atoms with E-state index in [1.165, 1.54) is 16.8 Å². The molecule has 37 heavy (non-hydrogen) atoms. The number of carbonyl (C=O) groups is 4. The zero-order valence-corrected chi connectivity index (χ0v) is 21.5. The Kier molecular flexibility index (Phi) is 7.37. The second-order valence-electron chi connectivity index (χ2n) is 9.59. The molecule has 0 aliphatic carbocycles. The van der Waals surface area contributed by atoms with E-state index in [4.69, 9.17) is 5.73 Å². The molecule has 1 fully saturated rings. The lowest BCUT2D eigenvalue weighted by atomic mass is 9.80. The number of guanidine groups is 1. The number of rotatable bonds is 7. The molecule has 10 heteroatoms. The molecule has 2 N–H and O–H groups in total. The lowest BCUT2D eigenvalue weighted by Gasteiger charge is -2.46. The van der Waals surface area contributed by atoms with Crippen LogP contribution in [-0.2, 0) is 25.6 Å². The van der Waals surface area contributed by atoms with Gasteiger partial charge in [-0.05, 0) is 48.9 Å². The molecular weight excluding hydrogens is 472 g/mol. The number of β-lactam (4-membered cyclic amide) rings is 1. The van der Waals surface area contributed by atoms with E-state index in [1.807, 2.05) is 43.3 Å². The summed E-state index contributed by atoms with van der Waals surface area (Å²) in [5.41, 5.74) is 8.36. The number of aryl methyl sites for hydroxylation is 1. The fourth-order valence-corrected chi connectivity index (χ4v) is 5.07. The summed E-state index contributed by atoms with van der Waals surface area (Å²) in [5.74, 6) is -1.81. The number of nitrogen functional groups attached to an aromatic ring is 1. The quantitative estimate of drug-likeness (QED) is 0.572. The number of imide groups is 1. The van der Waals surface area contributed by atoms with E-state index in [0.29, 0.717) is 17.9 Å². The van der Waals surface area contributed by atoms with Crippen LogP contribution in [0.4, 0.5) is 5.82 Å². The number of hydrogen-bond donors (Lipinski definition) is 1. The molecule has 4 rings (SSSR count). The van der Waals surface area contributed by atoms with Crippen molar-refractivity contribution in [2.24, 2.45) is 10.9 Å². The first-order chi connectivity index (χ1) is 17.6. The molecule has 1 aromatic heterocycles. The minimum absolute atomic E-state index is 0.0516. The topological polar surface area (TPSA) is 129 Å². The number of nitrogens with two attached hydrogens (primary N) is 1. The van der Waals surface area contributed by atoms with Crippen molar-refractivity contribution in [3.05, 3.63) is 59.3 Å². The van der Waals surface area contributed by atoms with Crippen LogP contribution < -0.4 is 5.73 Å². The Bertz CT molecular complexity index is 1240. The Balaban J connectivity index is 1.61. The molecule has 2 aliphatic rings. The van der Waals surface area contributed by atoms with Crippen LogP contribution in [0.2, 0.25) is 0 Å². The minimum atomic E-state index is -1.01. The van der Waals surface area contributed by atoms with Gasteiger partial charge in [-0.15, -0.1) is 0 Å². The molecule has 0 unspecified atom stereocenters. The van der Waals surface area contributed by atoms with Gasteiger partial charge in [0.1, 0.15) is 18.4 Å². The van der Waals surface area contributed by atoms with Crippen molar-refractivity contribution < 1.29 is 19.2 Å². The van der Waals surface area contributed by atoms with E-state index >= 15 is 0 Å². The highest BCUT2D eigenvalue weighted by Gasteiger charge is 2.55. The number of pyridine rings is 1. The van der Waals surface area contributed by atoms with Gasteiger partial charge in [-0.1, -0.05) is 37.3 Å². The van der Waals surface area contributed by atoms with Crippen molar-refractivity contribution in [3.8, 4) is 0 Å². The van der Waals surface area contributed by atoms with Crippen LogP contribution in [0, 0.1) is 12.8 Å². The predicted octanol–water partition coefficient (Wildman–Crippen LogP) is 1.74. The Labute approximate surface area is 216 Å². The molecule has 3 heterocycles. The van der Waals surface area contributed by atoms with Gasteiger partial charge in [-0.3, -0.25) is 33.9 Å². The number of carbonyl (C=O) groups excluding carboxylic acids is 4. The largest absolute Gasteiger partial charge is 0.384 e. The number of likely N-dealkylation sites (N-methyl/N-ethyl adjacent to an activating group) is 2. The van der Waals surface area contributed by atoms with Gasteiger partial charge in [-0.2, -0.15) is 0 Å². The van der Waals surface area contributed by atoms with Gasteiger partial charge in [0.15, 0.2) is 0 Å². The number of hydrogen-bond acceptors (Lipinski definition) is 7. The number of likely N-dealkylation sites (tertiary alicyclic amines) is 1. The summed E-state index contributed by atoms with van der Waals surface area (Å²) in [4.78, 5) is 64.5. The number of benzene rings is 1. The first-order valence-corrected chi connectivity index (χ1v) is 12.3. The van der Waals surface area contributed by atoms with Gasteiger partial charge in [0.2, 0.25) is 17.8 Å². The van der Waals surface area contributed by atoms with Crippen molar-refractivity contribution in [2.75, 3.05) is 26.4 Å². The Morgan fingerprint density at radius 3 is 2.49 bits per heavy atom. The van der Waals surface area contributed by atoms with Crippen molar-refractivity contribution >= 4 is 35.4 Å². The van der Waals surface area contributed by atoms with Crippen molar-refractivity contribution in [1.82, 2.24) is 19.7 Å². The van der Waals surface area contributed by atoms with Crippen LogP contribution in [0.25, 0.3) is 0 Å². The summed E-state index contributed by atoms with van der Waals surface area (Å²) in [6, 6.07) is 12.1. The number of nitrogens with zero attached hydrogens (tertiary/aromatic N) is 5. The van der Waals surface area contributed by atoms with E-state index in [0.717, 1.165) is 16.0 Å². The third-order valence-corrected chi connectivity index (χ3v) is 7.07. The maximum absolute atomic E-state index is 13.7. The smallest absolute Gasteiger partial charge is 0.253 e. The van der Waals surface area contributed by atoms with Crippen LogP contribution >= 0.6 is 0 Å². The molecule has 1 aromatic carbocycles. The highest BCUT2D eigenvalue weighted by molar-refractivity contribution is 6.14. The third-order valence-electron chi connectivity index (χ3n) is 7.07. The molecule has 0 radical (unpaired) electrons. The number of aliphatic imine (C=N–C) groups is 1. The normalized spacial score (nSPS) is 19.9. The molecule has 2 aliphatic heterocycles. The molecule has 194 valence electrons. The van der Waals surface area contributed by atoms with Gasteiger partial charge in [0.05, 0.1) is 5.92 Å². The van der Waals surface area contributed by atoms with Gasteiger partial charge < -0.3 is 5.73 Å². The van der Waals surface area contributed by atoms with Crippen molar-refractivity contribution in [2.45, 2.75) is 45.1 Å². The molecule has 0 bridgehead atoms. The third kappa shape index (κ3) is 5.09. The fourth-order valence-electron chi connectivity index (χ4n) is 5.07. The van der Waals surface area contributed by atoms with Gasteiger partial charge in [-0.25, -0.2) is 9.98 Å². The Morgan fingerprint density at radius 2 is 1.89 bits per heavy atom. The first kappa shape index (κ1) is 26.0. The van der Waals surface area contributed by atoms with E-state index in [1.54, 1.807) is 20.0 Å². The van der Waals surface area contributed by atoms with Crippen LogP contribution in [0.3, 0.4) is 0 Å². The zero-order chi connectivity index (χ0) is 26.9. The number of aromatic nitrogens is 1. The van der Waals surface area contributed by atoms with Crippen LogP contribution in [0.15, 0.2) is 47.5 Å². The molecule has 1 saturated heterocycles. The minimum Gasteiger partial charge on any atom is -0.384 e. The summed E-state index contributed by atoms with van der Waals surface area (Å²) in [6.07, 6.45) is 1.05. The Morgan fingerprint density at radius 1 is 1.19 bits per heavy atom. The summed E-state index contributed by atoms with van der Waals surface area (Å²) in [6.45, 7) is 3.74. The average molecular weight is 505 g/mol. The lowest BCUT2D eigenvalue weighted by Crippen LogP contribution is -2.69. The average Bonchev–Trinajstić information content (AvgIpc) is 3.20.